The average Bonchev–Trinajstić information content (AvgIpc) is 2.49. The van der Waals surface area contributed by atoms with Gasteiger partial charge in [-0.05, 0) is 41.9 Å². The molecular formula is C12H20O2. The lowest BCUT2D eigenvalue weighted by atomic mass is 9.60. The number of hydrogen-bond acceptors (Lipinski definition) is 1. The van der Waals surface area contributed by atoms with Crippen LogP contribution >= 0.6 is 0 Å². The van der Waals surface area contributed by atoms with Gasteiger partial charge in [-0.1, -0.05) is 20.8 Å². The van der Waals surface area contributed by atoms with Crippen LogP contribution in [0.15, 0.2) is 0 Å². The Bertz CT molecular complexity index is 269. The molecule has 2 aliphatic rings. The van der Waals surface area contributed by atoms with E-state index in [0.29, 0.717) is 23.7 Å². The van der Waals surface area contributed by atoms with Gasteiger partial charge in [0.15, 0.2) is 0 Å². The zero-order chi connectivity index (χ0) is 10.6. The van der Waals surface area contributed by atoms with Gasteiger partial charge in [-0.2, -0.15) is 0 Å². The van der Waals surface area contributed by atoms with Gasteiger partial charge in [0.1, 0.15) is 0 Å². The summed E-state index contributed by atoms with van der Waals surface area (Å²) in [6, 6.07) is 0. The minimum absolute atomic E-state index is 0.217. The minimum atomic E-state index is -0.626. The number of carboxylic acids is 1. The lowest BCUT2D eigenvalue weighted by Crippen LogP contribution is -2.38. The monoisotopic (exact) mass is 196 g/mol. The average molecular weight is 196 g/mol. The van der Waals surface area contributed by atoms with Crippen molar-refractivity contribution in [2.24, 2.45) is 22.7 Å². The van der Waals surface area contributed by atoms with E-state index in [1.165, 1.54) is 19.3 Å². The van der Waals surface area contributed by atoms with Crippen LogP contribution in [0.4, 0.5) is 0 Å². The van der Waals surface area contributed by atoms with E-state index in [1.54, 1.807) is 0 Å². The molecule has 3 atom stereocenters. The lowest BCUT2D eigenvalue weighted by Gasteiger charge is -2.44. The molecule has 0 radical (unpaired) electrons. The maximum absolute atomic E-state index is 10.8. The minimum Gasteiger partial charge on any atom is -0.481 e. The van der Waals surface area contributed by atoms with Crippen molar-refractivity contribution < 1.29 is 9.90 Å². The van der Waals surface area contributed by atoms with Crippen LogP contribution in [0.25, 0.3) is 0 Å². The summed E-state index contributed by atoms with van der Waals surface area (Å²) in [4.78, 5) is 10.8. The first kappa shape index (κ1) is 10.0. The number of carbonyl (C=O) groups is 1. The number of hydrogen-bond donors (Lipinski definition) is 1. The molecule has 14 heavy (non-hydrogen) atoms. The van der Waals surface area contributed by atoms with Crippen LogP contribution in [-0.4, -0.2) is 11.1 Å². The maximum atomic E-state index is 10.8. The molecule has 2 bridgehead atoms. The fourth-order valence-electron chi connectivity index (χ4n) is 3.86. The predicted molar refractivity (Wildman–Crippen MR) is 55.0 cm³/mol. The van der Waals surface area contributed by atoms with Crippen LogP contribution in [0.1, 0.15) is 46.5 Å². The Morgan fingerprint density at radius 3 is 2.50 bits per heavy atom. The summed E-state index contributed by atoms with van der Waals surface area (Å²) in [7, 11) is 0. The van der Waals surface area contributed by atoms with E-state index in [9.17, 15) is 4.79 Å². The van der Waals surface area contributed by atoms with Crippen molar-refractivity contribution in [2.75, 3.05) is 0 Å². The Morgan fingerprint density at radius 2 is 2.07 bits per heavy atom. The van der Waals surface area contributed by atoms with Crippen molar-refractivity contribution >= 4 is 5.97 Å². The topological polar surface area (TPSA) is 37.3 Å². The molecule has 80 valence electrons. The van der Waals surface area contributed by atoms with Crippen molar-refractivity contribution in [1.82, 2.24) is 0 Å². The summed E-state index contributed by atoms with van der Waals surface area (Å²) in [5.74, 6) is 0.448. The molecule has 0 saturated heterocycles. The van der Waals surface area contributed by atoms with E-state index >= 15 is 0 Å². The van der Waals surface area contributed by atoms with Crippen molar-refractivity contribution in [2.45, 2.75) is 46.5 Å². The molecule has 0 spiro atoms. The van der Waals surface area contributed by atoms with Gasteiger partial charge in [0, 0.05) is 6.42 Å². The zero-order valence-electron chi connectivity index (χ0n) is 9.34. The van der Waals surface area contributed by atoms with Gasteiger partial charge in [0.25, 0.3) is 0 Å². The predicted octanol–water partition coefficient (Wildman–Crippen LogP) is 2.92. The molecule has 3 unspecified atom stereocenters. The Morgan fingerprint density at radius 1 is 1.43 bits per heavy atom. The van der Waals surface area contributed by atoms with Crippen LogP contribution in [-0.2, 0) is 4.79 Å². The van der Waals surface area contributed by atoms with Crippen LogP contribution in [0.2, 0.25) is 0 Å². The van der Waals surface area contributed by atoms with Gasteiger partial charge in [-0.25, -0.2) is 0 Å². The third-order valence-corrected chi connectivity index (χ3v) is 5.23. The van der Waals surface area contributed by atoms with E-state index in [1.807, 2.05) is 0 Å². The van der Waals surface area contributed by atoms with Gasteiger partial charge < -0.3 is 5.11 Å². The number of carboxylic acid groups (broad SMARTS) is 1. The van der Waals surface area contributed by atoms with Crippen LogP contribution < -0.4 is 0 Å². The number of aliphatic carboxylic acids is 1. The molecule has 0 heterocycles. The van der Waals surface area contributed by atoms with E-state index in [2.05, 4.69) is 20.8 Å². The molecule has 0 amide bonds. The molecule has 2 fully saturated rings. The second-order valence-electron chi connectivity index (χ2n) is 5.99. The first-order chi connectivity index (χ1) is 6.37. The molecular weight excluding hydrogens is 176 g/mol. The zero-order valence-corrected chi connectivity index (χ0v) is 9.34. The van der Waals surface area contributed by atoms with Crippen molar-refractivity contribution in [3.05, 3.63) is 0 Å². The smallest absolute Gasteiger partial charge is 0.303 e. The summed E-state index contributed by atoms with van der Waals surface area (Å²) >= 11 is 0. The molecule has 1 N–H and O–H groups in total. The van der Waals surface area contributed by atoms with Gasteiger partial charge in [0.05, 0.1) is 0 Å². The van der Waals surface area contributed by atoms with E-state index in [0.717, 1.165) is 0 Å². The molecule has 0 aliphatic heterocycles. The van der Waals surface area contributed by atoms with Crippen molar-refractivity contribution in [1.29, 1.82) is 0 Å². The Hall–Kier alpha value is -0.530. The van der Waals surface area contributed by atoms with Crippen LogP contribution in [0.3, 0.4) is 0 Å². The summed E-state index contributed by atoms with van der Waals surface area (Å²) in [5.41, 5.74) is 0.617. The molecule has 2 aliphatic carbocycles. The van der Waals surface area contributed by atoms with Crippen LogP contribution in [0.5, 0.6) is 0 Å². The third-order valence-electron chi connectivity index (χ3n) is 5.23. The Labute approximate surface area is 85.7 Å². The highest BCUT2D eigenvalue weighted by Crippen LogP contribution is 2.67. The standard InChI is InChI=1S/C12H20O2/c1-11(2)9(6-10(13)14)8-4-5-12(11,3)7-8/h8-9H,4-7H2,1-3H3,(H,13,14). The molecule has 2 nitrogen and oxygen atoms in total. The van der Waals surface area contributed by atoms with Gasteiger partial charge in [-0.3, -0.25) is 4.79 Å². The molecule has 2 saturated carbocycles. The molecule has 2 heteroatoms. The fraction of sp³-hybridized carbons (Fsp3) is 0.917. The van der Waals surface area contributed by atoms with Crippen LogP contribution in [0, 0.1) is 22.7 Å². The lowest BCUT2D eigenvalue weighted by molar-refractivity contribution is -0.140. The van der Waals surface area contributed by atoms with Gasteiger partial charge in [0.2, 0.25) is 0 Å². The van der Waals surface area contributed by atoms with Crippen molar-refractivity contribution in [3.8, 4) is 0 Å². The number of rotatable bonds is 2. The molecule has 0 aromatic carbocycles. The van der Waals surface area contributed by atoms with E-state index < -0.39 is 5.97 Å². The molecule has 0 aromatic heterocycles. The molecule has 2 rings (SSSR count). The Balaban J connectivity index is 2.23. The third kappa shape index (κ3) is 1.12. The van der Waals surface area contributed by atoms with Gasteiger partial charge >= 0.3 is 5.97 Å². The summed E-state index contributed by atoms with van der Waals surface area (Å²) in [6.07, 6.45) is 4.16. The van der Waals surface area contributed by atoms with E-state index in [-0.39, 0.29) is 5.41 Å². The highest BCUT2D eigenvalue weighted by Gasteiger charge is 2.59. The first-order valence-corrected chi connectivity index (χ1v) is 5.59. The summed E-state index contributed by atoms with van der Waals surface area (Å²) in [5, 5.41) is 8.92. The quantitative estimate of drug-likeness (QED) is 0.737. The first-order valence-electron chi connectivity index (χ1n) is 5.59. The largest absolute Gasteiger partial charge is 0.481 e. The van der Waals surface area contributed by atoms with Gasteiger partial charge in [-0.15, -0.1) is 0 Å². The second-order valence-corrected chi connectivity index (χ2v) is 5.99. The Kier molecular flexibility index (Phi) is 1.96. The maximum Gasteiger partial charge on any atom is 0.303 e. The highest BCUT2D eigenvalue weighted by atomic mass is 16.4. The van der Waals surface area contributed by atoms with Crippen molar-refractivity contribution in [3.63, 3.8) is 0 Å². The van der Waals surface area contributed by atoms with E-state index in [4.69, 9.17) is 5.11 Å². The summed E-state index contributed by atoms with van der Waals surface area (Å²) < 4.78 is 0. The highest BCUT2D eigenvalue weighted by molar-refractivity contribution is 5.67. The summed E-state index contributed by atoms with van der Waals surface area (Å²) in [6.45, 7) is 6.87. The number of fused-ring (bicyclic) bond motifs is 2. The molecule has 0 aromatic rings. The second kappa shape index (κ2) is 2.74. The normalized spacial score (nSPS) is 44.2. The SMILES string of the molecule is CC12CCC(C1)C(CC(=O)O)C2(C)C. The fourth-order valence-corrected chi connectivity index (χ4v) is 3.86.